The number of morpholine rings is 1. The topological polar surface area (TPSA) is 78.9 Å². The SMILES string of the molecule is O=C(c1cncnc1)N1CCC(N(CCCN2CCOCC2)C(=O)C2CCC2)C1. The Hall–Kier alpha value is -2.06. The first-order chi connectivity index (χ1) is 14.2. The minimum atomic E-state index is -0.0440. The zero-order chi connectivity index (χ0) is 20.1. The second-order valence-electron chi connectivity index (χ2n) is 8.29. The number of ether oxygens (including phenoxy) is 1. The Kier molecular flexibility index (Phi) is 6.71. The number of likely N-dealkylation sites (tertiary alicyclic amines) is 1. The number of carbonyl (C=O) groups is 2. The summed E-state index contributed by atoms with van der Waals surface area (Å²) in [6.07, 6.45) is 9.53. The van der Waals surface area contributed by atoms with E-state index in [1.165, 1.54) is 6.33 Å². The molecule has 1 aliphatic carbocycles. The lowest BCUT2D eigenvalue weighted by Crippen LogP contribution is -2.48. The van der Waals surface area contributed by atoms with Crippen LogP contribution in [0.5, 0.6) is 0 Å². The highest BCUT2D eigenvalue weighted by molar-refractivity contribution is 5.93. The standard InChI is InChI=1S/C21H31N5O3/c27-20(18-13-22-16-23-14-18)25-8-5-19(15-25)26(21(28)17-3-1-4-17)7-2-6-24-9-11-29-12-10-24/h13-14,16-17,19H,1-12,15H2. The Balaban J connectivity index is 1.35. The number of hydrogen-bond donors (Lipinski definition) is 0. The fourth-order valence-corrected chi connectivity index (χ4v) is 4.42. The highest BCUT2D eigenvalue weighted by Crippen LogP contribution is 2.30. The molecule has 29 heavy (non-hydrogen) atoms. The van der Waals surface area contributed by atoms with Gasteiger partial charge in [0.1, 0.15) is 6.33 Å². The van der Waals surface area contributed by atoms with Gasteiger partial charge in [-0.3, -0.25) is 14.5 Å². The van der Waals surface area contributed by atoms with E-state index in [1.54, 1.807) is 12.4 Å². The molecule has 3 fully saturated rings. The van der Waals surface area contributed by atoms with Gasteiger partial charge in [0, 0.05) is 57.6 Å². The second kappa shape index (κ2) is 9.63. The van der Waals surface area contributed by atoms with Crippen molar-refractivity contribution >= 4 is 11.8 Å². The molecule has 3 heterocycles. The number of aromatic nitrogens is 2. The maximum atomic E-state index is 13.1. The smallest absolute Gasteiger partial charge is 0.257 e. The molecule has 8 heteroatoms. The first kappa shape index (κ1) is 20.2. The number of carbonyl (C=O) groups excluding carboxylic acids is 2. The van der Waals surface area contributed by atoms with Crippen molar-refractivity contribution in [3.05, 3.63) is 24.3 Å². The Bertz CT molecular complexity index is 691. The quantitative estimate of drug-likeness (QED) is 0.679. The lowest BCUT2D eigenvalue weighted by atomic mass is 9.84. The van der Waals surface area contributed by atoms with E-state index in [1.807, 2.05) is 4.90 Å². The summed E-state index contributed by atoms with van der Waals surface area (Å²) in [7, 11) is 0. The maximum absolute atomic E-state index is 13.1. The number of nitrogens with zero attached hydrogens (tertiary/aromatic N) is 5. The number of amides is 2. The average molecular weight is 402 g/mol. The fraction of sp³-hybridized carbons (Fsp3) is 0.714. The van der Waals surface area contributed by atoms with Crippen molar-refractivity contribution in [3.63, 3.8) is 0 Å². The summed E-state index contributed by atoms with van der Waals surface area (Å²) >= 11 is 0. The van der Waals surface area contributed by atoms with Crippen molar-refractivity contribution < 1.29 is 14.3 Å². The zero-order valence-corrected chi connectivity index (χ0v) is 17.0. The van der Waals surface area contributed by atoms with Crippen molar-refractivity contribution in [3.8, 4) is 0 Å². The molecule has 4 rings (SSSR count). The maximum Gasteiger partial charge on any atom is 0.257 e. The van der Waals surface area contributed by atoms with E-state index in [9.17, 15) is 9.59 Å². The molecule has 158 valence electrons. The first-order valence-electron chi connectivity index (χ1n) is 10.9. The molecule has 0 bridgehead atoms. The van der Waals surface area contributed by atoms with Crippen LogP contribution in [0.15, 0.2) is 18.7 Å². The van der Waals surface area contributed by atoms with E-state index < -0.39 is 0 Å². The van der Waals surface area contributed by atoms with Crippen molar-refractivity contribution in [1.29, 1.82) is 0 Å². The summed E-state index contributed by atoms with van der Waals surface area (Å²) in [4.78, 5) is 40.1. The molecular weight excluding hydrogens is 370 g/mol. The van der Waals surface area contributed by atoms with E-state index in [0.29, 0.717) is 24.6 Å². The lowest BCUT2D eigenvalue weighted by molar-refractivity contribution is -0.140. The van der Waals surface area contributed by atoms with Crippen LogP contribution in [0.4, 0.5) is 0 Å². The van der Waals surface area contributed by atoms with Gasteiger partial charge < -0.3 is 14.5 Å². The van der Waals surface area contributed by atoms with Crippen LogP contribution in [0, 0.1) is 5.92 Å². The van der Waals surface area contributed by atoms with Gasteiger partial charge in [-0.25, -0.2) is 9.97 Å². The molecule has 0 spiro atoms. The van der Waals surface area contributed by atoms with Gasteiger partial charge in [-0.2, -0.15) is 0 Å². The summed E-state index contributed by atoms with van der Waals surface area (Å²) < 4.78 is 5.42. The van der Waals surface area contributed by atoms with Crippen molar-refractivity contribution in [2.45, 2.75) is 38.1 Å². The highest BCUT2D eigenvalue weighted by atomic mass is 16.5. The molecule has 1 saturated carbocycles. The molecule has 0 aromatic carbocycles. The van der Waals surface area contributed by atoms with Gasteiger partial charge >= 0.3 is 0 Å². The molecule has 2 aliphatic heterocycles. The molecule has 1 unspecified atom stereocenters. The van der Waals surface area contributed by atoms with Crippen LogP contribution in [0.3, 0.4) is 0 Å². The Labute approximate surface area is 172 Å². The van der Waals surface area contributed by atoms with Crippen LogP contribution in [-0.4, -0.2) is 95.0 Å². The van der Waals surface area contributed by atoms with Crippen molar-refractivity contribution in [2.75, 3.05) is 52.5 Å². The minimum absolute atomic E-state index is 0.0440. The number of hydrogen-bond acceptors (Lipinski definition) is 6. The highest BCUT2D eigenvalue weighted by Gasteiger charge is 2.37. The lowest BCUT2D eigenvalue weighted by Gasteiger charge is -2.36. The summed E-state index contributed by atoms with van der Waals surface area (Å²) in [5, 5.41) is 0. The largest absolute Gasteiger partial charge is 0.379 e. The molecule has 1 atom stereocenters. The van der Waals surface area contributed by atoms with Crippen LogP contribution in [0.25, 0.3) is 0 Å². The Morgan fingerprint density at radius 2 is 1.86 bits per heavy atom. The molecule has 8 nitrogen and oxygen atoms in total. The van der Waals surface area contributed by atoms with Gasteiger partial charge in [-0.05, 0) is 25.7 Å². The molecule has 2 saturated heterocycles. The zero-order valence-electron chi connectivity index (χ0n) is 17.0. The third-order valence-corrected chi connectivity index (χ3v) is 6.41. The fourth-order valence-electron chi connectivity index (χ4n) is 4.42. The van der Waals surface area contributed by atoms with Crippen LogP contribution >= 0.6 is 0 Å². The molecule has 1 aromatic heterocycles. The predicted octanol–water partition coefficient (Wildman–Crippen LogP) is 1.04. The van der Waals surface area contributed by atoms with Crippen LogP contribution in [0.1, 0.15) is 42.5 Å². The number of rotatable bonds is 7. The minimum Gasteiger partial charge on any atom is -0.379 e. The van der Waals surface area contributed by atoms with E-state index in [4.69, 9.17) is 4.74 Å². The van der Waals surface area contributed by atoms with Crippen molar-refractivity contribution in [2.24, 2.45) is 5.92 Å². The molecule has 1 aromatic rings. The van der Waals surface area contributed by atoms with Gasteiger partial charge in [0.15, 0.2) is 0 Å². The third-order valence-electron chi connectivity index (χ3n) is 6.41. The molecule has 2 amide bonds. The van der Waals surface area contributed by atoms with Gasteiger partial charge in [0.05, 0.1) is 24.8 Å². The molecule has 0 N–H and O–H groups in total. The molecule has 3 aliphatic rings. The first-order valence-corrected chi connectivity index (χ1v) is 10.9. The van der Waals surface area contributed by atoms with Crippen molar-refractivity contribution in [1.82, 2.24) is 24.7 Å². The molecular formula is C21H31N5O3. The van der Waals surface area contributed by atoms with Crippen LogP contribution in [-0.2, 0) is 9.53 Å². The van der Waals surface area contributed by atoms with Crippen LogP contribution in [0.2, 0.25) is 0 Å². The average Bonchev–Trinajstić information content (AvgIpc) is 3.20. The summed E-state index contributed by atoms with van der Waals surface area (Å²) in [6.45, 7) is 6.59. The van der Waals surface area contributed by atoms with E-state index in [2.05, 4.69) is 19.8 Å². The molecule has 0 radical (unpaired) electrons. The normalized spacial score (nSPS) is 23.0. The Morgan fingerprint density at radius 1 is 1.10 bits per heavy atom. The van der Waals surface area contributed by atoms with Gasteiger partial charge in [0.2, 0.25) is 5.91 Å². The van der Waals surface area contributed by atoms with E-state index in [0.717, 1.165) is 71.5 Å². The summed E-state index contributed by atoms with van der Waals surface area (Å²) in [5.74, 6) is 0.434. The third kappa shape index (κ3) is 4.93. The predicted molar refractivity (Wildman–Crippen MR) is 107 cm³/mol. The van der Waals surface area contributed by atoms with E-state index in [-0.39, 0.29) is 17.9 Å². The van der Waals surface area contributed by atoms with Gasteiger partial charge in [-0.1, -0.05) is 6.42 Å². The van der Waals surface area contributed by atoms with E-state index >= 15 is 0 Å². The summed E-state index contributed by atoms with van der Waals surface area (Å²) in [6, 6.07) is 0.112. The van der Waals surface area contributed by atoms with Gasteiger partial charge in [-0.15, -0.1) is 0 Å². The monoisotopic (exact) mass is 401 g/mol. The van der Waals surface area contributed by atoms with Gasteiger partial charge in [0.25, 0.3) is 5.91 Å². The second-order valence-corrected chi connectivity index (χ2v) is 8.29. The Morgan fingerprint density at radius 3 is 2.55 bits per heavy atom. The van der Waals surface area contributed by atoms with Crippen LogP contribution < -0.4 is 0 Å². The summed E-state index contributed by atoms with van der Waals surface area (Å²) in [5.41, 5.74) is 0.511.